The first kappa shape index (κ1) is 28.1. The first-order valence-corrected chi connectivity index (χ1v) is 15.7. The number of carbonyl (C=O) groups is 1. The fraction of sp³-hybridized carbons (Fsp3) is 0.312. The van der Waals surface area contributed by atoms with E-state index in [4.69, 9.17) is 10.5 Å². The van der Waals surface area contributed by atoms with Crippen LogP contribution in [-0.4, -0.2) is 74.5 Å². The predicted octanol–water partition coefficient (Wildman–Crippen LogP) is 4.47. The molecule has 0 radical (unpaired) electrons. The normalized spacial score (nSPS) is 19.7. The van der Waals surface area contributed by atoms with Gasteiger partial charge in [0.05, 0.1) is 17.0 Å². The third kappa shape index (κ3) is 5.83. The highest BCUT2D eigenvalue weighted by atomic mass is 32.2. The number of rotatable bonds is 7. The zero-order valence-corrected chi connectivity index (χ0v) is 24.4. The number of aromatic nitrogens is 1. The van der Waals surface area contributed by atoms with Crippen molar-refractivity contribution in [2.24, 2.45) is 5.92 Å². The number of nitrogen functional groups attached to an aromatic ring is 1. The zero-order chi connectivity index (χ0) is 29.3. The molecule has 4 aromatic rings. The number of nitrogens with one attached hydrogen (secondary N) is 1. The van der Waals surface area contributed by atoms with Crippen molar-refractivity contribution in [3.05, 3.63) is 84.6 Å². The van der Waals surface area contributed by atoms with E-state index in [-0.39, 0.29) is 16.8 Å². The molecule has 0 bridgehead atoms. The Hall–Kier alpha value is -3.99. The summed E-state index contributed by atoms with van der Waals surface area (Å²) < 4.78 is 35.5. The van der Waals surface area contributed by atoms with Crippen molar-refractivity contribution in [2.45, 2.75) is 24.3 Å². The van der Waals surface area contributed by atoms with Crippen LogP contribution in [0.1, 0.15) is 23.7 Å². The molecule has 2 saturated heterocycles. The average molecular weight is 586 g/mol. The van der Waals surface area contributed by atoms with Gasteiger partial charge in [0.1, 0.15) is 0 Å². The van der Waals surface area contributed by atoms with Crippen molar-refractivity contribution in [3.63, 3.8) is 0 Å². The number of fused-ring (bicyclic) bond motifs is 1. The molecular formula is C32H35N5O4S. The van der Waals surface area contributed by atoms with Gasteiger partial charge in [0.2, 0.25) is 0 Å². The molecule has 2 aliphatic heterocycles. The molecule has 3 aromatic carbocycles. The highest BCUT2D eigenvalue weighted by Gasteiger charge is 2.30. The number of hydrogen-bond acceptors (Lipinski definition) is 7. The summed E-state index contributed by atoms with van der Waals surface area (Å²) in [6.45, 7) is 7.07. The van der Waals surface area contributed by atoms with Gasteiger partial charge in [-0.25, -0.2) is 8.42 Å². The van der Waals surface area contributed by atoms with Crippen LogP contribution in [0.4, 0.5) is 11.4 Å². The van der Waals surface area contributed by atoms with E-state index in [9.17, 15) is 13.2 Å². The van der Waals surface area contributed by atoms with Crippen molar-refractivity contribution >= 4 is 38.2 Å². The minimum atomic E-state index is -4.00. The summed E-state index contributed by atoms with van der Waals surface area (Å²) in [5.74, 6) is 0.522. The van der Waals surface area contributed by atoms with E-state index in [1.807, 2.05) is 35.2 Å². The van der Waals surface area contributed by atoms with Gasteiger partial charge in [-0.2, -0.15) is 0 Å². The second-order valence-electron chi connectivity index (χ2n) is 11.2. The molecule has 1 amide bonds. The van der Waals surface area contributed by atoms with Gasteiger partial charge >= 0.3 is 0 Å². The van der Waals surface area contributed by atoms with E-state index < -0.39 is 10.0 Å². The van der Waals surface area contributed by atoms with Crippen LogP contribution < -0.4 is 10.5 Å². The Morgan fingerprint density at radius 1 is 1.05 bits per heavy atom. The first-order valence-electron chi connectivity index (χ1n) is 14.3. The molecule has 0 spiro atoms. The number of nitrogens with two attached hydrogens (primary N) is 1. The lowest BCUT2D eigenvalue weighted by Crippen LogP contribution is -2.54. The molecule has 2 atom stereocenters. The maximum absolute atomic E-state index is 13.6. The number of sulfonamides is 1. The van der Waals surface area contributed by atoms with Crippen molar-refractivity contribution in [3.8, 4) is 11.1 Å². The summed E-state index contributed by atoms with van der Waals surface area (Å²) in [5.41, 5.74) is 9.25. The molecule has 0 aliphatic carbocycles. The highest BCUT2D eigenvalue weighted by Crippen LogP contribution is 2.34. The topological polar surface area (TPSA) is 118 Å². The third-order valence-electron chi connectivity index (χ3n) is 8.11. The van der Waals surface area contributed by atoms with Crippen molar-refractivity contribution in [1.29, 1.82) is 0 Å². The van der Waals surface area contributed by atoms with E-state index >= 15 is 0 Å². The van der Waals surface area contributed by atoms with Gasteiger partial charge in [-0.15, -0.1) is 0 Å². The fourth-order valence-electron chi connectivity index (χ4n) is 5.96. The quantitative estimate of drug-likeness (QED) is 0.307. The van der Waals surface area contributed by atoms with Gasteiger partial charge in [0, 0.05) is 78.5 Å². The summed E-state index contributed by atoms with van der Waals surface area (Å²) in [6.07, 6.45) is 2.78. The summed E-state index contributed by atoms with van der Waals surface area (Å²) in [4.78, 5) is 22.3. The van der Waals surface area contributed by atoms with Crippen molar-refractivity contribution in [1.82, 2.24) is 14.8 Å². The Labute approximate surface area is 246 Å². The molecular weight excluding hydrogens is 550 g/mol. The Kier molecular flexibility index (Phi) is 7.85. The molecule has 218 valence electrons. The number of ether oxygens (including phenoxy) is 1. The van der Waals surface area contributed by atoms with Gasteiger partial charge in [-0.3, -0.25) is 19.4 Å². The Morgan fingerprint density at radius 2 is 1.86 bits per heavy atom. The number of carbonyl (C=O) groups excluding carboxylic acids is 1. The molecule has 2 aliphatic rings. The molecule has 1 unspecified atom stereocenters. The minimum absolute atomic E-state index is 0.0509. The van der Waals surface area contributed by atoms with E-state index in [1.54, 1.807) is 42.6 Å². The van der Waals surface area contributed by atoms with Gasteiger partial charge in [-0.05, 0) is 67.8 Å². The monoisotopic (exact) mass is 585 g/mol. The lowest BCUT2D eigenvalue weighted by molar-refractivity contribution is 0.0452. The van der Waals surface area contributed by atoms with Crippen LogP contribution in [0.15, 0.2) is 83.9 Å². The smallest absolute Gasteiger partial charge is 0.262 e. The first-order chi connectivity index (χ1) is 20.3. The molecule has 9 nitrogen and oxygen atoms in total. The maximum atomic E-state index is 13.6. The number of amides is 1. The summed E-state index contributed by atoms with van der Waals surface area (Å²) in [7, 11) is -4.00. The standard InChI is InChI=1S/C32H35N5O4S/c1-22-19-36(20-23-13-17-41-21-23)15-16-37(22)32(38)25-7-10-27(11-8-25)35-42(39,40)30-12-9-26(33)18-29(30)28-6-2-4-24-5-3-14-34-31(24)28/h2-12,14,18,22-23,35H,13,15-17,19-21,33H2,1H3/t22-,23?/m0/s1. The SMILES string of the molecule is C[C@H]1CN(CC2CCOC2)CCN1C(=O)c1ccc(NS(=O)(=O)c2ccc(N)cc2-c2cccc3cccnc23)cc1. The largest absolute Gasteiger partial charge is 0.399 e. The van der Waals surface area contributed by atoms with Crippen LogP contribution in [-0.2, 0) is 14.8 Å². The second-order valence-corrected chi connectivity index (χ2v) is 12.8. The van der Waals surface area contributed by atoms with Gasteiger partial charge < -0.3 is 15.4 Å². The number of nitrogens with zero attached hydrogens (tertiary/aromatic N) is 3. The Balaban J connectivity index is 1.18. The maximum Gasteiger partial charge on any atom is 0.262 e. The van der Waals surface area contributed by atoms with Gasteiger partial charge in [-0.1, -0.05) is 24.3 Å². The highest BCUT2D eigenvalue weighted by molar-refractivity contribution is 7.92. The second kappa shape index (κ2) is 11.7. The van der Waals surface area contributed by atoms with Gasteiger partial charge in [0.15, 0.2) is 0 Å². The number of pyridine rings is 1. The third-order valence-corrected chi connectivity index (χ3v) is 9.55. The van der Waals surface area contributed by atoms with Crippen LogP contribution in [0.25, 0.3) is 22.0 Å². The number of benzene rings is 3. The predicted molar refractivity (Wildman–Crippen MR) is 165 cm³/mol. The van der Waals surface area contributed by atoms with Crippen LogP contribution in [0.3, 0.4) is 0 Å². The van der Waals surface area contributed by atoms with Crippen molar-refractivity contribution < 1.29 is 17.9 Å². The lowest BCUT2D eigenvalue weighted by atomic mass is 10.0. The fourth-order valence-corrected chi connectivity index (χ4v) is 7.23. The summed E-state index contributed by atoms with van der Waals surface area (Å²) in [6, 6.07) is 20.8. The van der Waals surface area contributed by atoms with Crippen LogP contribution in [0, 0.1) is 5.92 Å². The number of para-hydroxylation sites is 1. The molecule has 42 heavy (non-hydrogen) atoms. The molecule has 3 heterocycles. The number of piperazine rings is 1. The molecule has 10 heteroatoms. The molecule has 3 N–H and O–H groups in total. The van der Waals surface area contributed by atoms with Gasteiger partial charge in [0.25, 0.3) is 15.9 Å². The Bertz CT molecular complexity index is 1700. The summed E-state index contributed by atoms with van der Waals surface area (Å²) in [5, 5.41) is 0.896. The number of hydrogen-bond donors (Lipinski definition) is 2. The van der Waals surface area contributed by atoms with Crippen LogP contribution >= 0.6 is 0 Å². The lowest BCUT2D eigenvalue weighted by Gasteiger charge is -2.40. The Morgan fingerprint density at radius 3 is 2.62 bits per heavy atom. The van der Waals surface area contributed by atoms with Crippen LogP contribution in [0.2, 0.25) is 0 Å². The van der Waals surface area contributed by atoms with Crippen molar-refractivity contribution in [2.75, 3.05) is 49.8 Å². The zero-order valence-electron chi connectivity index (χ0n) is 23.6. The van der Waals surface area contributed by atoms with E-state index in [0.717, 1.165) is 44.7 Å². The van der Waals surface area contributed by atoms with E-state index in [0.29, 0.717) is 46.0 Å². The van der Waals surface area contributed by atoms with Crippen LogP contribution in [0.5, 0.6) is 0 Å². The average Bonchev–Trinajstić information content (AvgIpc) is 3.50. The molecule has 6 rings (SSSR count). The summed E-state index contributed by atoms with van der Waals surface area (Å²) >= 11 is 0. The molecule has 1 aromatic heterocycles. The van der Waals surface area contributed by atoms with E-state index in [1.165, 1.54) is 6.07 Å². The van der Waals surface area contributed by atoms with E-state index in [2.05, 4.69) is 21.5 Å². The molecule has 0 saturated carbocycles. The molecule has 2 fully saturated rings. The number of anilines is 2. The minimum Gasteiger partial charge on any atom is -0.399 e.